The summed E-state index contributed by atoms with van der Waals surface area (Å²) in [7, 11) is 0. The first kappa shape index (κ1) is 9.10. The molecule has 0 spiro atoms. The summed E-state index contributed by atoms with van der Waals surface area (Å²) in [6.07, 6.45) is 6.63. The van der Waals surface area contributed by atoms with Gasteiger partial charge in [0, 0.05) is 6.04 Å². The highest BCUT2D eigenvalue weighted by molar-refractivity contribution is 5.68. The molecule has 1 N–H and O–H groups in total. The summed E-state index contributed by atoms with van der Waals surface area (Å²) in [5, 5.41) is 2.79. The van der Waals surface area contributed by atoms with Gasteiger partial charge in [-0.3, -0.25) is 0 Å². The number of rotatable bonds is 2. The van der Waals surface area contributed by atoms with Crippen LogP contribution in [0, 0.1) is 0 Å². The summed E-state index contributed by atoms with van der Waals surface area (Å²) < 4.78 is 4.56. The second kappa shape index (κ2) is 4.80. The first-order valence-corrected chi connectivity index (χ1v) is 4.41. The van der Waals surface area contributed by atoms with E-state index >= 15 is 0 Å². The van der Waals surface area contributed by atoms with Gasteiger partial charge in [0.15, 0.2) is 0 Å². The minimum atomic E-state index is -0.378. The molecule has 0 atom stereocenters. The topological polar surface area (TPSA) is 38.3 Å². The van der Waals surface area contributed by atoms with Crippen molar-refractivity contribution in [3.05, 3.63) is 12.8 Å². The molecule has 1 fully saturated rings. The molecule has 3 heteroatoms. The Balaban J connectivity index is 2.19. The summed E-state index contributed by atoms with van der Waals surface area (Å²) >= 11 is 0. The van der Waals surface area contributed by atoms with Crippen LogP contribution in [0.2, 0.25) is 0 Å². The number of carbonyl (C=O) groups is 1. The van der Waals surface area contributed by atoms with Crippen LogP contribution in [0.1, 0.15) is 32.1 Å². The van der Waals surface area contributed by atoms with Gasteiger partial charge in [0.1, 0.15) is 0 Å². The van der Waals surface area contributed by atoms with Gasteiger partial charge in [-0.2, -0.15) is 0 Å². The Kier molecular flexibility index (Phi) is 3.64. The first-order valence-electron chi connectivity index (χ1n) is 4.41. The highest BCUT2D eigenvalue weighted by atomic mass is 16.5. The fourth-order valence-electron chi connectivity index (χ4n) is 1.52. The summed E-state index contributed by atoms with van der Waals surface area (Å²) in [5.41, 5.74) is 0. The van der Waals surface area contributed by atoms with Crippen molar-refractivity contribution in [1.82, 2.24) is 5.32 Å². The normalized spacial score (nSPS) is 18.3. The van der Waals surface area contributed by atoms with Gasteiger partial charge in [0.05, 0.1) is 6.26 Å². The Morgan fingerprint density at radius 1 is 1.42 bits per heavy atom. The molecule has 1 aliphatic carbocycles. The van der Waals surface area contributed by atoms with Crippen molar-refractivity contribution in [3.63, 3.8) is 0 Å². The van der Waals surface area contributed by atoms with E-state index in [9.17, 15) is 4.79 Å². The molecule has 0 aromatic carbocycles. The minimum absolute atomic E-state index is 0.311. The van der Waals surface area contributed by atoms with E-state index < -0.39 is 0 Å². The number of hydrogen-bond acceptors (Lipinski definition) is 2. The maximum Gasteiger partial charge on any atom is 0.412 e. The van der Waals surface area contributed by atoms with Crippen molar-refractivity contribution in [2.45, 2.75) is 38.1 Å². The van der Waals surface area contributed by atoms with E-state index in [1.807, 2.05) is 0 Å². The van der Waals surface area contributed by atoms with Crippen molar-refractivity contribution in [2.75, 3.05) is 0 Å². The van der Waals surface area contributed by atoms with E-state index in [-0.39, 0.29) is 6.09 Å². The molecular formula is C9H15NO2. The average Bonchev–Trinajstić information content (AvgIpc) is 2.06. The standard InChI is InChI=1S/C9H15NO2/c1-2-12-9(11)10-8-6-4-3-5-7-8/h2,8H,1,3-7H2,(H,10,11). The van der Waals surface area contributed by atoms with Crippen LogP contribution in [0.4, 0.5) is 4.79 Å². The Morgan fingerprint density at radius 3 is 2.67 bits per heavy atom. The lowest BCUT2D eigenvalue weighted by atomic mass is 9.96. The number of carbonyl (C=O) groups excluding carboxylic acids is 1. The number of hydrogen-bond donors (Lipinski definition) is 1. The lowest BCUT2D eigenvalue weighted by Crippen LogP contribution is -2.35. The van der Waals surface area contributed by atoms with E-state index in [0.29, 0.717) is 6.04 Å². The van der Waals surface area contributed by atoms with Crippen LogP contribution >= 0.6 is 0 Å². The molecule has 0 bridgehead atoms. The number of nitrogens with one attached hydrogen (secondary N) is 1. The third-order valence-electron chi connectivity index (χ3n) is 2.12. The number of ether oxygens (including phenoxy) is 1. The molecule has 1 saturated carbocycles. The smallest absolute Gasteiger partial charge is 0.412 e. The molecule has 0 unspecified atom stereocenters. The van der Waals surface area contributed by atoms with Crippen molar-refractivity contribution < 1.29 is 9.53 Å². The number of alkyl carbamates (subject to hydrolysis) is 1. The van der Waals surface area contributed by atoms with Gasteiger partial charge in [-0.15, -0.1) is 0 Å². The Bertz CT molecular complexity index is 162. The molecule has 1 rings (SSSR count). The minimum Gasteiger partial charge on any atom is -0.419 e. The fourth-order valence-corrected chi connectivity index (χ4v) is 1.52. The van der Waals surface area contributed by atoms with Crippen molar-refractivity contribution in [3.8, 4) is 0 Å². The summed E-state index contributed by atoms with van der Waals surface area (Å²) in [6.45, 7) is 3.31. The van der Waals surface area contributed by atoms with Gasteiger partial charge in [-0.1, -0.05) is 25.8 Å². The molecule has 0 radical (unpaired) electrons. The van der Waals surface area contributed by atoms with Gasteiger partial charge >= 0.3 is 6.09 Å². The van der Waals surface area contributed by atoms with Gasteiger partial charge < -0.3 is 10.1 Å². The molecular weight excluding hydrogens is 154 g/mol. The maximum absolute atomic E-state index is 10.9. The predicted octanol–water partition coefficient (Wildman–Crippen LogP) is 2.19. The summed E-state index contributed by atoms with van der Waals surface area (Å²) in [6, 6.07) is 0.311. The molecule has 12 heavy (non-hydrogen) atoms. The molecule has 0 aromatic rings. The zero-order chi connectivity index (χ0) is 8.81. The molecule has 0 aliphatic heterocycles. The zero-order valence-electron chi connectivity index (χ0n) is 7.21. The molecule has 0 aromatic heterocycles. The average molecular weight is 169 g/mol. The maximum atomic E-state index is 10.9. The van der Waals surface area contributed by atoms with Gasteiger partial charge in [0.2, 0.25) is 0 Å². The van der Waals surface area contributed by atoms with E-state index in [4.69, 9.17) is 0 Å². The van der Waals surface area contributed by atoms with Crippen molar-refractivity contribution in [1.29, 1.82) is 0 Å². The van der Waals surface area contributed by atoms with Gasteiger partial charge in [0.25, 0.3) is 0 Å². The lowest BCUT2D eigenvalue weighted by molar-refractivity contribution is 0.177. The fraction of sp³-hybridized carbons (Fsp3) is 0.667. The van der Waals surface area contributed by atoms with Crippen LogP contribution in [-0.4, -0.2) is 12.1 Å². The second-order valence-corrected chi connectivity index (χ2v) is 3.05. The lowest BCUT2D eigenvalue weighted by Gasteiger charge is -2.21. The largest absolute Gasteiger partial charge is 0.419 e. The van der Waals surface area contributed by atoms with Crippen LogP contribution in [-0.2, 0) is 4.74 Å². The third-order valence-corrected chi connectivity index (χ3v) is 2.12. The molecule has 0 heterocycles. The second-order valence-electron chi connectivity index (χ2n) is 3.05. The first-order chi connectivity index (χ1) is 5.83. The highest BCUT2D eigenvalue weighted by Crippen LogP contribution is 2.17. The molecule has 3 nitrogen and oxygen atoms in total. The van der Waals surface area contributed by atoms with Crippen molar-refractivity contribution in [2.24, 2.45) is 0 Å². The van der Waals surface area contributed by atoms with E-state index in [0.717, 1.165) is 19.1 Å². The van der Waals surface area contributed by atoms with E-state index in [2.05, 4.69) is 16.6 Å². The van der Waals surface area contributed by atoms with Gasteiger partial charge in [-0.05, 0) is 12.8 Å². The van der Waals surface area contributed by atoms with Crippen LogP contribution in [0.3, 0.4) is 0 Å². The molecule has 1 amide bonds. The van der Waals surface area contributed by atoms with Gasteiger partial charge in [-0.25, -0.2) is 4.79 Å². The van der Waals surface area contributed by atoms with E-state index in [1.165, 1.54) is 19.3 Å². The van der Waals surface area contributed by atoms with E-state index in [1.54, 1.807) is 0 Å². The Labute approximate surface area is 72.8 Å². The third kappa shape index (κ3) is 2.95. The summed E-state index contributed by atoms with van der Waals surface area (Å²) in [5.74, 6) is 0. The van der Waals surface area contributed by atoms with Crippen LogP contribution in [0.5, 0.6) is 0 Å². The summed E-state index contributed by atoms with van der Waals surface area (Å²) in [4.78, 5) is 10.9. The quantitative estimate of drug-likeness (QED) is 0.643. The Morgan fingerprint density at radius 2 is 2.08 bits per heavy atom. The van der Waals surface area contributed by atoms with Crippen LogP contribution in [0.15, 0.2) is 12.8 Å². The monoisotopic (exact) mass is 169 g/mol. The van der Waals surface area contributed by atoms with Crippen LogP contribution < -0.4 is 5.32 Å². The molecule has 1 aliphatic rings. The van der Waals surface area contributed by atoms with Crippen molar-refractivity contribution >= 4 is 6.09 Å². The predicted molar refractivity (Wildman–Crippen MR) is 46.7 cm³/mol. The number of amides is 1. The van der Waals surface area contributed by atoms with Crippen LogP contribution in [0.25, 0.3) is 0 Å². The Hall–Kier alpha value is -0.990. The highest BCUT2D eigenvalue weighted by Gasteiger charge is 2.15. The SMILES string of the molecule is C=COC(=O)NC1CCCCC1. The molecule has 68 valence electrons. The zero-order valence-corrected chi connectivity index (χ0v) is 7.21. The molecule has 0 saturated heterocycles.